The molecule has 0 aliphatic heterocycles. The van der Waals surface area contributed by atoms with E-state index in [1.165, 1.54) is 0 Å². The van der Waals surface area contributed by atoms with Gasteiger partial charge < -0.3 is 0 Å². The van der Waals surface area contributed by atoms with Crippen LogP contribution in [0.15, 0.2) is 73.1 Å². The Morgan fingerprint density at radius 3 is 1.93 bits per heavy atom. The Hall–Kier alpha value is -3.66. The molecule has 0 N–H and O–H groups in total. The molecule has 4 nitrogen and oxygen atoms in total. The maximum absolute atomic E-state index is 5.01. The standard InChI is InChI=1S/C24H18N4/c1-15-8-7-11-19-23(15)28-20-14-16(2)21(17-9-3-5-12-25-17)22(24(20)27-19)18-10-4-6-13-26-18/h3-14H,1-2H3. The van der Waals surface area contributed by atoms with Gasteiger partial charge in [0.2, 0.25) is 0 Å². The van der Waals surface area contributed by atoms with Gasteiger partial charge in [-0.1, -0.05) is 24.3 Å². The van der Waals surface area contributed by atoms with Crippen molar-refractivity contribution >= 4 is 22.1 Å². The zero-order valence-electron chi connectivity index (χ0n) is 15.7. The van der Waals surface area contributed by atoms with Gasteiger partial charge in [-0.25, -0.2) is 9.97 Å². The van der Waals surface area contributed by atoms with Gasteiger partial charge in [-0.3, -0.25) is 9.97 Å². The van der Waals surface area contributed by atoms with Crippen LogP contribution in [0, 0.1) is 13.8 Å². The molecule has 0 spiro atoms. The van der Waals surface area contributed by atoms with Crippen LogP contribution in [0.5, 0.6) is 0 Å². The molecule has 0 amide bonds. The monoisotopic (exact) mass is 362 g/mol. The van der Waals surface area contributed by atoms with Gasteiger partial charge in [0.25, 0.3) is 0 Å². The summed E-state index contributed by atoms with van der Waals surface area (Å²) in [7, 11) is 0. The number of para-hydroxylation sites is 1. The van der Waals surface area contributed by atoms with Crippen molar-refractivity contribution in [1.82, 2.24) is 19.9 Å². The third-order valence-electron chi connectivity index (χ3n) is 5.00. The third-order valence-corrected chi connectivity index (χ3v) is 5.00. The minimum atomic E-state index is 0.850. The molecule has 2 aromatic carbocycles. The number of benzene rings is 2. The average Bonchev–Trinajstić information content (AvgIpc) is 2.73. The van der Waals surface area contributed by atoms with Crippen LogP contribution < -0.4 is 0 Å². The molecule has 0 atom stereocenters. The minimum absolute atomic E-state index is 0.850. The number of fused-ring (bicyclic) bond motifs is 2. The molecular formula is C24H18N4. The number of nitrogens with zero attached hydrogens (tertiary/aromatic N) is 4. The van der Waals surface area contributed by atoms with E-state index in [1.54, 1.807) is 0 Å². The molecule has 5 aromatic rings. The Kier molecular flexibility index (Phi) is 3.83. The summed E-state index contributed by atoms with van der Waals surface area (Å²) in [5.41, 5.74) is 9.59. The highest BCUT2D eigenvalue weighted by Gasteiger charge is 2.19. The third kappa shape index (κ3) is 2.62. The first kappa shape index (κ1) is 16.5. The van der Waals surface area contributed by atoms with Crippen LogP contribution in [0.25, 0.3) is 44.6 Å². The Balaban J connectivity index is 1.97. The molecular weight excluding hydrogens is 344 g/mol. The molecule has 0 saturated carbocycles. The van der Waals surface area contributed by atoms with E-state index < -0.39 is 0 Å². The molecule has 3 heterocycles. The maximum Gasteiger partial charge on any atom is 0.0995 e. The lowest BCUT2D eigenvalue weighted by Crippen LogP contribution is -1.99. The topological polar surface area (TPSA) is 51.6 Å². The van der Waals surface area contributed by atoms with E-state index in [2.05, 4.69) is 35.9 Å². The van der Waals surface area contributed by atoms with Gasteiger partial charge in [0.1, 0.15) is 0 Å². The van der Waals surface area contributed by atoms with E-state index in [1.807, 2.05) is 60.9 Å². The number of aryl methyl sites for hydroxylation is 2. The van der Waals surface area contributed by atoms with Gasteiger partial charge in [0, 0.05) is 23.5 Å². The predicted octanol–water partition coefficient (Wildman–Crippen LogP) is 5.52. The molecule has 5 rings (SSSR count). The Bertz CT molecular complexity index is 1310. The second-order valence-corrected chi connectivity index (χ2v) is 6.91. The Labute approximate surface area is 163 Å². The second kappa shape index (κ2) is 6.50. The molecule has 0 unspecified atom stereocenters. The summed E-state index contributed by atoms with van der Waals surface area (Å²) < 4.78 is 0. The first-order valence-electron chi connectivity index (χ1n) is 9.26. The normalized spacial score (nSPS) is 11.2. The summed E-state index contributed by atoms with van der Waals surface area (Å²) in [6.07, 6.45) is 3.63. The maximum atomic E-state index is 5.01. The summed E-state index contributed by atoms with van der Waals surface area (Å²) in [6, 6.07) is 20.1. The first-order chi connectivity index (χ1) is 13.7. The highest BCUT2D eigenvalue weighted by molar-refractivity contribution is 6.03. The number of aromatic nitrogens is 4. The fourth-order valence-electron chi connectivity index (χ4n) is 3.71. The molecule has 0 radical (unpaired) electrons. The molecule has 134 valence electrons. The molecule has 3 aromatic heterocycles. The quantitative estimate of drug-likeness (QED) is 0.388. The summed E-state index contributed by atoms with van der Waals surface area (Å²) in [4.78, 5) is 19.2. The zero-order chi connectivity index (χ0) is 19.1. The van der Waals surface area contributed by atoms with Gasteiger partial charge >= 0.3 is 0 Å². The fraction of sp³-hybridized carbons (Fsp3) is 0.0833. The van der Waals surface area contributed by atoms with Gasteiger partial charge in [-0.15, -0.1) is 0 Å². The van der Waals surface area contributed by atoms with Crippen molar-refractivity contribution in [2.24, 2.45) is 0 Å². The van der Waals surface area contributed by atoms with E-state index in [-0.39, 0.29) is 0 Å². The van der Waals surface area contributed by atoms with Gasteiger partial charge in [0.05, 0.1) is 33.5 Å². The van der Waals surface area contributed by atoms with Crippen molar-refractivity contribution < 1.29 is 0 Å². The lowest BCUT2D eigenvalue weighted by molar-refractivity contribution is 1.27. The summed E-state index contributed by atoms with van der Waals surface area (Å²) in [5.74, 6) is 0. The number of hydrogen-bond acceptors (Lipinski definition) is 4. The van der Waals surface area contributed by atoms with E-state index in [9.17, 15) is 0 Å². The van der Waals surface area contributed by atoms with Crippen molar-refractivity contribution in [3.8, 4) is 22.5 Å². The van der Waals surface area contributed by atoms with Gasteiger partial charge in [-0.2, -0.15) is 0 Å². The molecule has 0 bridgehead atoms. The average molecular weight is 362 g/mol. The van der Waals surface area contributed by atoms with Crippen LogP contribution in [0.4, 0.5) is 0 Å². The summed E-state index contributed by atoms with van der Waals surface area (Å²) >= 11 is 0. The van der Waals surface area contributed by atoms with Crippen molar-refractivity contribution in [3.63, 3.8) is 0 Å². The van der Waals surface area contributed by atoms with E-state index in [0.717, 1.165) is 55.7 Å². The number of rotatable bonds is 2. The molecule has 0 aliphatic rings. The van der Waals surface area contributed by atoms with Gasteiger partial charge in [0.15, 0.2) is 0 Å². The number of hydrogen-bond donors (Lipinski definition) is 0. The van der Waals surface area contributed by atoms with Crippen LogP contribution in [0.1, 0.15) is 11.1 Å². The van der Waals surface area contributed by atoms with Crippen LogP contribution in [-0.2, 0) is 0 Å². The van der Waals surface area contributed by atoms with Crippen molar-refractivity contribution in [1.29, 1.82) is 0 Å². The smallest absolute Gasteiger partial charge is 0.0995 e. The molecule has 4 heteroatoms. The molecule has 0 saturated heterocycles. The van der Waals surface area contributed by atoms with Crippen LogP contribution in [0.2, 0.25) is 0 Å². The van der Waals surface area contributed by atoms with Crippen molar-refractivity contribution in [2.75, 3.05) is 0 Å². The highest BCUT2D eigenvalue weighted by Crippen LogP contribution is 2.38. The van der Waals surface area contributed by atoms with E-state index >= 15 is 0 Å². The molecule has 0 fully saturated rings. The lowest BCUT2D eigenvalue weighted by Gasteiger charge is -2.15. The largest absolute Gasteiger partial charge is 0.256 e. The Morgan fingerprint density at radius 1 is 0.571 bits per heavy atom. The lowest BCUT2D eigenvalue weighted by atomic mass is 9.94. The number of pyridine rings is 2. The molecule has 0 aliphatic carbocycles. The zero-order valence-corrected chi connectivity index (χ0v) is 15.7. The summed E-state index contributed by atoms with van der Waals surface area (Å²) in [6.45, 7) is 4.16. The van der Waals surface area contributed by atoms with Crippen LogP contribution in [0.3, 0.4) is 0 Å². The predicted molar refractivity (Wildman–Crippen MR) is 113 cm³/mol. The second-order valence-electron chi connectivity index (χ2n) is 6.91. The first-order valence-corrected chi connectivity index (χ1v) is 9.26. The molecule has 28 heavy (non-hydrogen) atoms. The minimum Gasteiger partial charge on any atom is -0.256 e. The van der Waals surface area contributed by atoms with Gasteiger partial charge in [-0.05, 0) is 61.4 Å². The highest BCUT2D eigenvalue weighted by atomic mass is 14.8. The SMILES string of the molecule is Cc1cc2nc3c(C)cccc3nc2c(-c2ccccn2)c1-c1ccccn1. The van der Waals surface area contributed by atoms with Crippen molar-refractivity contribution in [3.05, 3.63) is 84.2 Å². The fourth-order valence-corrected chi connectivity index (χ4v) is 3.71. The summed E-state index contributed by atoms with van der Waals surface area (Å²) in [5, 5.41) is 0. The Morgan fingerprint density at radius 2 is 1.25 bits per heavy atom. The van der Waals surface area contributed by atoms with Crippen LogP contribution in [-0.4, -0.2) is 19.9 Å². The van der Waals surface area contributed by atoms with Crippen molar-refractivity contribution in [2.45, 2.75) is 13.8 Å². The van der Waals surface area contributed by atoms with E-state index in [4.69, 9.17) is 9.97 Å². The van der Waals surface area contributed by atoms with E-state index in [0.29, 0.717) is 0 Å². The van der Waals surface area contributed by atoms with Crippen LogP contribution >= 0.6 is 0 Å².